The molecule has 0 fully saturated rings. The summed E-state index contributed by atoms with van der Waals surface area (Å²) in [7, 11) is 3.32. The number of rotatable bonds is 6. The molecule has 2 aromatic heterocycles. The van der Waals surface area contributed by atoms with Gasteiger partial charge in [-0.2, -0.15) is 0 Å². The second kappa shape index (κ2) is 9.14. The minimum Gasteiger partial charge on any atom is -0.497 e. The average molecular weight is 474 g/mol. The topological polar surface area (TPSA) is 44.5 Å². The van der Waals surface area contributed by atoms with Crippen LogP contribution in [0.5, 0.6) is 11.5 Å². The van der Waals surface area contributed by atoms with Gasteiger partial charge in [-0.3, -0.25) is 0 Å². The van der Waals surface area contributed by atoms with Crippen molar-refractivity contribution in [2.45, 2.75) is 0 Å². The molecule has 5 rings (SSSR count). The number of furan rings is 1. The Morgan fingerprint density at radius 3 is 2.00 bits per heavy atom. The van der Waals surface area contributed by atoms with Crippen molar-refractivity contribution in [1.82, 2.24) is 4.98 Å². The van der Waals surface area contributed by atoms with E-state index in [1.165, 1.54) is 0 Å². The third kappa shape index (κ3) is 4.38. The second-order valence-corrected chi connectivity index (χ2v) is 8.76. The van der Waals surface area contributed by atoms with E-state index in [0.29, 0.717) is 10.8 Å². The lowest BCUT2D eigenvalue weighted by Crippen LogP contribution is -1.86. The number of aromatic nitrogens is 1. The van der Waals surface area contributed by atoms with Crippen LogP contribution in [-0.4, -0.2) is 19.2 Å². The molecule has 5 aromatic rings. The number of thiazole rings is 1. The molecular weight excluding hydrogens is 454 g/mol. The number of benzene rings is 3. The SMILES string of the molecule is COc1ccc(-c2nc(-c3ccc(-c4cccc(Cl)c4)o3)sc2-c2ccc(OC)cc2)cc1. The normalized spacial score (nSPS) is 10.9. The zero-order valence-electron chi connectivity index (χ0n) is 18.0. The maximum absolute atomic E-state index is 6.17. The fourth-order valence-corrected chi connectivity index (χ4v) is 4.80. The summed E-state index contributed by atoms with van der Waals surface area (Å²) >= 11 is 7.74. The van der Waals surface area contributed by atoms with Crippen molar-refractivity contribution in [1.29, 1.82) is 0 Å². The number of halogens is 1. The van der Waals surface area contributed by atoms with E-state index in [0.717, 1.165) is 49.5 Å². The number of hydrogen-bond acceptors (Lipinski definition) is 5. The summed E-state index contributed by atoms with van der Waals surface area (Å²) < 4.78 is 16.8. The lowest BCUT2D eigenvalue weighted by Gasteiger charge is -2.05. The molecule has 0 amide bonds. The van der Waals surface area contributed by atoms with E-state index in [2.05, 4.69) is 0 Å². The van der Waals surface area contributed by atoms with Crippen LogP contribution in [0.2, 0.25) is 5.02 Å². The van der Waals surface area contributed by atoms with Crippen LogP contribution in [0.3, 0.4) is 0 Å². The van der Waals surface area contributed by atoms with Crippen molar-refractivity contribution in [3.63, 3.8) is 0 Å². The maximum atomic E-state index is 6.17. The minimum absolute atomic E-state index is 0.670. The van der Waals surface area contributed by atoms with Crippen LogP contribution in [0, 0.1) is 0 Å². The minimum atomic E-state index is 0.670. The van der Waals surface area contributed by atoms with Crippen LogP contribution in [0.1, 0.15) is 0 Å². The molecule has 6 heteroatoms. The number of nitrogens with zero attached hydrogens (tertiary/aromatic N) is 1. The number of methoxy groups -OCH3 is 2. The molecule has 0 unspecified atom stereocenters. The van der Waals surface area contributed by atoms with Crippen LogP contribution >= 0.6 is 22.9 Å². The van der Waals surface area contributed by atoms with Gasteiger partial charge in [0.05, 0.1) is 24.8 Å². The third-order valence-electron chi connectivity index (χ3n) is 5.27. The molecule has 33 heavy (non-hydrogen) atoms. The molecule has 0 aliphatic carbocycles. The van der Waals surface area contributed by atoms with Gasteiger partial charge >= 0.3 is 0 Å². The van der Waals surface area contributed by atoms with E-state index in [1.807, 2.05) is 84.9 Å². The van der Waals surface area contributed by atoms with Gasteiger partial charge in [-0.05, 0) is 78.4 Å². The van der Waals surface area contributed by atoms with Gasteiger partial charge in [0.15, 0.2) is 10.8 Å². The Morgan fingerprint density at radius 2 is 1.36 bits per heavy atom. The molecule has 0 atom stereocenters. The largest absolute Gasteiger partial charge is 0.497 e. The highest BCUT2D eigenvalue weighted by Gasteiger charge is 2.19. The molecule has 0 spiro atoms. The van der Waals surface area contributed by atoms with E-state index >= 15 is 0 Å². The smallest absolute Gasteiger partial charge is 0.163 e. The van der Waals surface area contributed by atoms with Crippen molar-refractivity contribution < 1.29 is 13.9 Å². The molecular formula is C27H20ClNO3S. The molecule has 0 N–H and O–H groups in total. The molecule has 0 saturated heterocycles. The highest BCUT2D eigenvalue weighted by Crippen LogP contribution is 2.42. The summed E-state index contributed by atoms with van der Waals surface area (Å²) in [5.74, 6) is 3.08. The van der Waals surface area contributed by atoms with Gasteiger partial charge in [-0.15, -0.1) is 11.3 Å². The lowest BCUT2D eigenvalue weighted by molar-refractivity contribution is 0.414. The summed E-state index contributed by atoms with van der Waals surface area (Å²) in [5, 5.41) is 1.48. The van der Waals surface area contributed by atoms with Crippen molar-refractivity contribution in [3.8, 4) is 55.3 Å². The van der Waals surface area contributed by atoms with E-state index in [4.69, 9.17) is 30.5 Å². The van der Waals surface area contributed by atoms with Crippen LogP contribution in [0.25, 0.3) is 43.8 Å². The monoisotopic (exact) mass is 473 g/mol. The van der Waals surface area contributed by atoms with Crippen LogP contribution in [0.4, 0.5) is 0 Å². The predicted octanol–water partition coefficient (Wildman–Crippen LogP) is 8.07. The molecule has 0 radical (unpaired) electrons. The summed E-state index contributed by atoms with van der Waals surface area (Å²) in [6.45, 7) is 0. The van der Waals surface area contributed by atoms with Gasteiger partial charge in [-0.25, -0.2) is 4.98 Å². The predicted molar refractivity (Wildman–Crippen MR) is 134 cm³/mol. The van der Waals surface area contributed by atoms with Gasteiger partial charge in [0.1, 0.15) is 17.3 Å². The Hall–Kier alpha value is -3.54. The zero-order chi connectivity index (χ0) is 22.8. The molecule has 0 aliphatic rings. The summed E-state index contributed by atoms with van der Waals surface area (Å²) in [5.41, 5.74) is 3.89. The van der Waals surface area contributed by atoms with Crippen LogP contribution in [0.15, 0.2) is 89.3 Å². The van der Waals surface area contributed by atoms with Crippen molar-refractivity contribution in [3.05, 3.63) is 90.0 Å². The zero-order valence-corrected chi connectivity index (χ0v) is 19.6. The van der Waals surface area contributed by atoms with Crippen LogP contribution < -0.4 is 9.47 Å². The summed E-state index contributed by atoms with van der Waals surface area (Å²) in [4.78, 5) is 6.03. The van der Waals surface area contributed by atoms with Crippen molar-refractivity contribution in [2.75, 3.05) is 14.2 Å². The standard InChI is InChI=1S/C27H20ClNO3S/c1-30-21-10-6-17(7-11-21)25-26(18-8-12-22(31-2)13-9-18)33-27(29-25)24-15-14-23(32-24)19-4-3-5-20(28)16-19/h3-16H,1-2H3. The van der Waals surface area contributed by atoms with Gasteiger partial charge in [0.25, 0.3) is 0 Å². The van der Waals surface area contributed by atoms with Crippen molar-refractivity contribution in [2.24, 2.45) is 0 Å². The Kier molecular flexibility index (Phi) is 5.90. The molecule has 2 heterocycles. The molecule has 0 saturated carbocycles. The first-order chi connectivity index (χ1) is 16.1. The van der Waals surface area contributed by atoms with E-state index in [9.17, 15) is 0 Å². The Labute approximate surface area is 201 Å². The van der Waals surface area contributed by atoms with E-state index in [1.54, 1.807) is 25.6 Å². The molecule has 164 valence electrons. The molecule has 3 aromatic carbocycles. The highest BCUT2D eigenvalue weighted by molar-refractivity contribution is 7.18. The fourth-order valence-electron chi connectivity index (χ4n) is 3.56. The highest BCUT2D eigenvalue weighted by atomic mass is 35.5. The molecule has 0 bridgehead atoms. The Morgan fingerprint density at radius 1 is 0.727 bits per heavy atom. The first-order valence-corrected chi connectivity index (χ1v) is 11.5. The Bertz CT molecular complexity index is 1320. The van der Waals surface area contributed by atoms with Crippen LogP contribution in [-0.2, 0) is 0 Å². The van der Waals surface area contributed by atoms with Gasteiger partial charge in [-0.1, -0.05) is 23.7 Å². The second-order valence-electron chi connectivity index (χ2n) is 7.33. The third-order valence-corrected chi connectivity index (χ3v) is 6.62. The lowest BCUT2D eigenvalue weighted by atomic mass is 10.1. The van der Waals surface area contributed by atoms with Gasteiger partial charge in [0, 0.05) is 16.1 Å². The van der Waals surface area contributed by atoms with E-state index in [-0.39, 0.29) is 0 Å². The van der Waals surface area contributed by atoms with Gasteiger partial charge < -0.3 is 13.9 Å². The Balaban J connectivity index is 1.59. The summed E-state index contributed by atoms with van der Waals surface area (Å²) in [6, 6.07) is 27.4. The molecule has 4 nitrogen and oxygen atoms in total. The first-order valence-electron chi connectivity index (χ1n) is 10.3. The molecule has 0 aliphatic heterocycles. The first kappa shape index (κ1) is 21.3. The fraction of sp³-hybridized carbons (Fsp3) is 0.0741. The average Bonchev–Trinajstić information content (AvgIpc) is 3.52. The van der Waals surface area contributed by atoms with Gasteiger partial charge in [0.2, 0.25) is 0 Å². The summed E-state index contributed by atoms with van der Waals surface area (Å²) in [6.07, 6.45) is 0. The number of ether oxygens (including phenoxy) is 2. The maximum Gasteiger partial charge on any atom is 0.163 e. The number of hydrogen-bond donors (Lipinski definition) is 0. The van der Waals surface area contributed by atoms with E-state index < -0.39 is 0 Å². The van der Waals surface area contributed by atoms with Crippen molar-refractivity contribution >= 4 is 22.9 Å². The quantitative estimate of drug-likeness (QED) is 0.250.